The molecule has 0 saturated carbocycles. The minimum atomic E-state index is 0.0238. The molecule has 0 spiro atoms. The van der Waals surface area contributed by atoms with Crippen LogP contribution in [0.3, 0.4) is 0 Å². The monoisotopic (exact) mass is 205 g/mol. The van der Waals surface area contributed by atoms with Gasteiger partial charge < -0.3 is 10.1 Å². The van der Waals surface area contributed by atoms with E-state index in [1.807, 2.05) is 12.1 Å². The predicted octanol–water partition coefficient (Wildman–Crippen LogP) is 1.82. The summed E-state index contributed by atoms with van der Waals surface area (Å²) in [4.78, 5) is 11.0. The number of nitrogens with one attached hydrogen (secondary N) is 1. The summed E-state index contributed by atoms with van der Waals surface area (Å²) in [6, 6.07) is 6.22. The van der Waals surface area contributed by atoms with Crippen LogP contribution in [0.4, 0.5) is 0 Å². The molecule has 0 aliphatic heterocycles. The topological polar surface area (TPSA) is 38.3 Å². The molecule has 1 N–H and O–H groups in total. The summed E-state index contributed by atoms with van der Waals surface area (Å²) in [5.74, 6) is 0.877. The largest absolute Gasteiger partial charge is 0.497 e. The highest BCUT2D eigenvalue weighted by Gasteiger charge is 2.23. The summed E-state index contributed by atoms with van der Waals surface area (Å²) in [7, 11) is 1.66. The molecule has 1 aliphatic rings. The average Bonchev–Trinajstić information content (AvgIpc) is 2.60. The summed E-state index contributed by atoms with van der Waals surface area (Å²) in [5, 5.41) is 2.95. The molecule has 15 heavy (non-hydrogen) atoms. The van der Waals surface area contributed by atoms with Gasteiger partial charge in [0.2, 0.25) is 5.91 Å². The predicted molar refractivity (Wildman–Crippen MR) is 57.9 cm³/mol. The van der Waals surface area contributed by atoms with Gasteiger partial charge in [-0.05, 0) is 36.1 Å². The third kappa shape index (κ3) is 1.96. The Morgan fingerprint density at radius 2 is 2.33 bits per heavy atom. The Bertz CT molecular complexity index is 387. The maximum absolute atomic E-state index is 11.0. The second-order valence-corrected chi connectivity index (χ2v) is 3.86. The first-order valence-electron chi connectivity index (χ1n) is 5.14. The number of hydrogen-bond donors (Lipinski definition) is 1. The third-order valence-corrected chi connectivity index (χ3v) is 2.81. The number of amides is 1. The van der Waals surface area contributed by atoms with Crippen LogP contribution < -0.4 is 10.1 Å². The molecule has 3 heteroatoms. The van der Waals surface area contributed by atoms with Gasteiger partial charge >= 0.3 is 0 Å². The SMILES string of the molecule is COc1ccc2c(c1)[C@H](NC(C)=O)CC2. The van der Waals surface area contributed by atoms with Gasteiger partial charge in [0.1, 0.15) is 5.75 Å². The van der Waals surface area contributed by atoms with Crippen LogP contribution in [0.2, 0.25) is 0 Å². The molecule has 2 rings (SSSR count). The fraction of sp³-hybridized carbons (Fsp3) is 0.417. The highest BCUT2D eigenvalue weighted by molar-refractivity contribution is 5.73. The Morgan fingerprint density at radius 1 is 1.53 bits per heavy atom. The van der Waals surface area contributed by atoms with Crippen LogP contribution in [0, 0.1) is 0 Å². The van der Waals surface area contributed by atoms with E-state index >= 15 is 0 Å². The Kier molecular flexibility index (Phi) is 2.62. The van der Waals surface area contributed by atoms with E-state index in [-0.39, 0.29) is 11.9 Å². The number of benzene rings is 1. The minimum Gasteiger partial charge on any atom is -0.497 e. The van der Waals surface area contributed by atoms with Crippen molar-refractivity contribution in [2.45, 2.75) is 25.8 Å². The number of ether oxygens (including phenoxy) is 1. The van der Waals surface area contributed by atoms with Crippen molar-refractivity contribution in [1.82, 2.24) is 5.32 Å². The summed E-state index contributed by atoms with van der Waals surface area (Å²) in [5.41, 5.74) is 2.51. The lowest BCUT2D eigenvalue weighted by atomic mass is 10.1. The second kappa shape index (κ2) is 3.93. The van der Waals surface area contributed by atoms with Gasteiger partial charge in [-0.1, -0.05) is 6.07 Å². The first kappa shape index (κ1) is 10.0. The van der Waals surface area contributed by atoms with Crippen LogP contribution in [0.25, 0.3) is 0 Å². The molecule has 0 saturated heterocycles. The zero-order valence-electron chi connectivity index (χ0n) is 9.04. The van der Waals surface area contributed by atoms with Gasteiger partial charge in [-0.2, -0.15) is 0 Å². The van der Waals surface area contributed by atoms with E-state index in [0.29, 0.717) is 0 Å². The van der Waals surface area contributed by atoms with Gasteiger partial charge in [-0.15, -0.1) is 0 Å². The molecule has 0 bridgehead atoms. The lowest BCUT2D eigenvalue weighted by Gasteiger charge is -2.13. The van der Waals surface area contributed by atoms with Gasteiger partial charge in [-0.3, -0.25) is 4.79 Å². The van der Waals surface area contributed by atoms with E-state index in [1.54, 1.807) is 14.0 Å². The van der Waals surface area contributed by atoms with E-state index in [9.17, 15) is 4.79 Å². The maximum atomic E-state index is 11.0. The van der Waals surface area contributed by atoms with Crippen molar-refractivity contribution < 1.29 is 9.53 Å². The van der Waals surface area contributed by atoms with E-state index in [2.05, 4.69) is 11.4 Å². The maximum Gasteiger partial charge on any atom is 0.217 e. The zero-order valence-corrected chi connectivity index (χ0v) is 9.04. The van der Waals surface area contributed by atoms with Gasteiger partial charge in [-0.25, -0.2) is 0 Å². The standard InChI is InChI=1S/C12H15NO2/c1-8(14)13-12-6-4-9-3-5-10(15-2)7-11(9)12/h3,5,7,12H,4,6H2,1-2H3,(H,13,14)/t12-/m1/s1. The Morgan fingerprint density at radius 3 is 3.00 bits per heavy atom. The van der Waals surface area contributed by atoms with Crippen LogP contribution in [0.1, 0.15) is 30.5 Å². The molecule has 3 nitrogen and oxygen atoms in total. The molecule has 1 atom stereocenters. The normalized spacial score (nSPS) is 18.4. The van der Waals surface area contributed by atoms with E-state index in [0.717, 1.165) is 18.6 Å². The molecule has 0 unspecified atom stereocenters. The molecule has 0 fully saturated rings. The molecule has 1 aromatic carbocycles. The molecular weight excluding hydrogens is 190 g/mol. The van der Waals surface area contributed by atoms with Crippen molar-refractivity contribution in [2.24, 2.45) is 0 Å². The molecule has 80 valence electrons. The van der Waals surface area contributed by atoms with Crippen LogP contribution in [0.15, 0.2) is 18.2 Å². The van der Waals surface area contributed by atoms with Crippen LogP contribution in [0.5, 0.6) is 5.75 Å². The highest BCUT2D eigenvalue weighted by Crippen LogP contribution is 2.33. The Hall–Kier alpha value is -1.51. The zero-order chi connectivity index (χ0) is 10.8. The number of methoxy groups -OCH3 is 1. The van der Waals surface area contributed by atoms with Gasteiger partial charge in [0.15, 0.2) is 0 Å². The van der Waals surface area contributed by atoms with Crippen LogP contribution in [-0.2, 0) is 11.2 Å². The summed E-state index contributed by atoms with van der Waals surface area (Å²) < 4.78 is 5.18. The highest BCUT2D eigenvalue weighted by atomic mass is 16.5. The quantitative estimate of drug-likeness (QED) is 0.799. The number of rotatable bonds is 2. The first-order chi connectivity index (χ1) is 7.20. The van der Waals surface area contributed by atoms with Crippen LogP contribution in [-0.4, -0.2) is 13.0 Å². The molecular formula is C12H15NO2. The van der Waals surface area contributed by atoms with Crippen molar-refractivity contribution in [2.75, 3.05) is 7.11 Å². The smallest absolute Gasteiger partial charge is 0.217 e. The van der Waals surface area contributed by atoms with Gasteiger partial charge in [0.05, 0.1) is 13.2 Å². The number of fused-ring (bicyclic) bond motifs is 1. The minimum absolute atomic E-state index is 0.0238. The van der Waals surface area contributed by atoms with E-state index < -0.39 is 0 Å². The molecule has 1 aromatic rings. The first-order valence-corrected chi connectivity index (χ1v) is 5.14. The molecule has 1 aliphatic carbocycles. The van der Waals surface area contributed by atoms with Crippen LogP contribution >= 0.6 is 0 Å². The fourth-order valence-corrected chi connectivity index (χ4v) is 2.10. The van der Waals surface area contributed by atoms with Crippen molar-refractivity contribution in [3.8, 4) is 5.75 Å². The van der Waals surface area contributed by atoms with Crippen molar-refractivity contribution in [1.29, 1.82) is 0 Å². The third-order valence-electron chi connectivity index (χ3n) is 2.81. The Labute approximate surface area is 89.4 Å². The number of hydrogen-bond acceptors (Lipinski definition) is 2. The molecule has 0 aromatic heterocycles. The Balaban J connectivity index is 2.27. The van der Waals surface area contributed by atoms with Crippen molar-refractivity contribution >= 4 is 5.91 Å². The summed E-state index contributed by atoms with van der Waals surface area (Å²) in [6.45, 7) is 1.55. The van der Waals surface area contributed by atoms with Crippen molar-refractivity contribution in [3.05, 3.63) is 29.3 Å². The number of carbonyl (C=O) groups is 1. The summed E-state index contributed by atoms with van der Waals surface area (Å²) in [6.07, 6.45) is 2.02. The van der Waals surface area contributed by atoms with E-state index in [1.165, 1.54) is 11.1 Å². The summed E-state index contributed by atoms with van der Waals surface area (Å²) >= 11 is 0. The lowest BCUT2D eigenvalue weighted by molar-refractivity contribution is -0.119. The lowest BCUT2D eigenvalue weighted by Crippen LogP contribution is -2.24. The molecule has 1 amide bonds. The average molecular weight is 205 g/mol. The van der Waals surface area contributed by atoms with Gasteiger partial charge in [0, 0.05) is 6.92 Å². The fourth-order valence-electron chi connectivity index (χ4n) is 2.10. The van der Waals surface area contributed by atoms with E-state index in [4.69, 9.17) is 4.74 Å². The van der Waals surface area contributed by atoms with Crippen molar-refractivity contribution in [3.63, 3.8) is 0 Å². The number of aryl methyl sites for hydroxylation is 1. The number of carbonyl (C=O) groups excluding carboxylic acids is 1. The molecule has 0 radical (unpaired) electrons. The van der Waals surface area contributed by atoms with Gasteiger partial charge in [0.25, 0.3) is 0 Å². The molecule has 0 heterocycles. The second-order valence-electron chi connectivity index (χ2n) is 3.86.